The first-order chi connectivity index (χ1) is 10.3. The zero-order chi connectivity index (χ0) is 14.7. The van der Waals surface area contributed by atoms with Gasteiger partial charge in [-0.25, -0.2) is 9.50 Å². The van der Waals surface area contributed by atoms with E-state index in [2.05, 4.69) is 32.2 Å². The van der Waals surface area contributed by atoms with Crippen LogP contribution in [0.4, 0.5) is 5.13 Å². The maximum Gasteiger partial charge on any atom is 0.261 e. The summed E-state index contributed by atoms with van der Waals surface area (Å²) in [5, 5.41) is 15.8. The number of thiazole rings is 1. The van der Waals surface area contributed by atoms with E-state index >= 15 is 0 Å². The molecule has 0 aliphatic carbocycles. The summed E-state index contributed by atoms with van der Waals surface area (Å²) in [5.74, 6) is 4.94. The predicted octanol–water partition coefficient (Wildman–Crippen LogP) is 0.782. The highest BCUT2D eigenvalue weighted by Gasteiger charge is 2.14. The molecule has 0 saturated heterocycles. The van der Waals surface area contributed by atoms with Gasteiger partial charge in [-0.3, -0.25) is 15.1 Å². The summed E-state index contributed by atoms with van der Waals surface area (Å²) in [7, 11) is 0. The lowest BCUT2D eigenvalue weighted by atomic mass is 10.3. The van der Waals surface area contributed by atoms with Crippen LogP contribution < -0.4 is 5.32 Å². The van der Waals surface area contributed by atoms with Gasteiger partial charge in [-0.1, -0.05) is 23.2 Å². The van der Waals surface area contributed by atoms with Crippen LogP contribution in [0, 0.1) is 11.8 Å². The second-order valence-corrected chi connectivity index (χ2v) is 4.94. The SMILES string of the molecule is O=C(Nc1ncc(C#CCO)s1)c1cnn2ccncc12. The minimum atomic E-state index is -0.311. The van der Waals surface area contributed by atoms with E-state index in [-0.39, 0.29) is 12.5 Å². The topological polar surface area (TPSA) is 92.4 Å². The van der Waals surface area contributed by atoms with Crippen molar-refractivity contribution < 1.29 is 9.90 Å². The Labute approximate surface area is 123 Å². The lowest BCUT2D eigenvalue weighted by Gasteiger charge is -1.99. The molecule has 21 heavy (non-hydrogen) atoms. The van der Waals surface area contributed by atoms with E-state index in [1.54, 1.807) is 29.3 Å². The molecule has 0 atom stereocenters. The highest BCUT2D eigenvalue weighted by Crippen LogP contribution is 2.18. The van der Waals surface area contributed by atoms with Crippen molar-refractivity contribution in [3.8, 4) is 11.8 Å². The van der Waals surface area contributed by atoms with Crippen molar-refractivity contribution in [2.75, 3.05) is 11.9 Å². The second-order valence-electron chi connectivity index (χ2n) is 3.91. The normalized spacial score (nSPS) is 10.1. The summed E-state index contributed by atoms with van der Waals surface area (Å²) in [6.07, 6.45) is 7.85. The minimum absolute atomic E-state index is 0.213. The van der Waals surface area contributed by atoms with E-state index in [4.69, 9.17) is 5.11 Å². The summed E-state index contributed by atoms with van der Waals surface area (Å²) in [6, 6.07) is 0. The molecule has 0 unspecified atom stereocenters. The lowest BCUT2D eigenvalue weighted by Crippen LogP contribution is -2.11. The maximum absolute atomic E-state index is 12.2. The Morgan fingerprint density at radius 2 is 2.33 bits per heavy atom. The van der Waals surface area contributed by atoms with Crippen LogP contribution in [0.25, 0.3) is 5.52 Å². The van der Waals surface area contributed by atoms with Gasteiger partial charge in [0.1, 0.15) is 6.61 Å². The molecule has 0 saturated carbocycles. The number of hydrogen-bond acceptors (Lipinski definition) is 6. The van der Waals surface area contributed by atoms with Gasteiger partial charge < -0.3 is 5.11 Å². The number of carbonyl (C=O) groups is 1. The molecule has 0 aliphatic heterocycles. The average Bonchev–Trinajstić information content (AvgIpc) is 3.11. The molecule has 0 aliphatic rings. The van der Waals surface area contributed by atoms with E-state index in [9.17, 15) is 4.79 Å². The van der Waals surface area contributed by atoms with Crippen LogP contribution in [0.2, 0.25) is 0 Å². The predicted molar refractivity (Wildman–Crippen MR) is 77.0 cm³/mol. The molecule has 0 aromatic carbocycles. The molecule has 3 rings (SSSR count). The molecule has 0 spiro atoms. The molecule has 3 aromatic rings. The van der Waals surface area contributed by atoms with Crippen LogP contribution in [0.15, 0.2) is 31.0 Å². The Bertz CT molecular complexity index is 858. The molecule has 0 fully saturated rings. The van der Waals surface area contributed by atoms with Crippen molar-refractivity contribution in [2.24, 2.45) is 0 Å². The molecular weight excluding hydrogens is 290 g/mol. The highest BCUT2D eigenvalue weighted by molar-refractivity contribution is 7.16. The van der Waals surface area contributed by atoms with Gasteiger partial charge >= 0.3 is 0 Å². The Hall–Kier alpha value is -2.76. The van der Waals surface area contributed by atoms with Crippen LogP contribution >= 0.6 is 11.3 Å². The van der Waals surface area contributed by atoms with Crippen molar-refractivity contribution in [1.29, 1.82) is 0 Å². The monoisotopic (exact) mass is 299 g/mol. The van der Waals surface area contributed by atoms with Crippen LogP contribution in [0.3, 0.4) is 0 Å². The van der Waals surface area contributed by atoms with Gasteiger partial charge in [-0.05, 0) is 0 Å². The maximum atomic E-state index is 12.2. The van der Waals surface area contributed by atoms with Crippen LogP contribution in [0.1, 0.15) is 15.2 Å². The summed E-state index contributed by atoms with van der Waals surface area (Å²) in [4.78, 5) is 20.9. The first kappa shape index (κ1) is 13.2. The van der Waals surface area contributed by atoms with Gasteiger partial charge in [0.15, 0.2) is 5.13 Å². The fraction of sp³-hybridized carbons (Fsp3) is 0.0769. The number of nitrogens with zero attached hydrogens (tertiary/aromatic N) is 4. The van der Waals surface area contributed by atoms with E-state index < -0.39 is 0 Å². The first-order valence-corrected chi connectivity index (χ1v) is 6.74. The number of aliphatic hydroxyl groups excluding tert-OH is 1. The fourth-order valence-electron chi connectivity index (χ4n) is 1.69. The molecule has 0 bridgehead atoms. The quantitative estimate of drug-likeness (QED) is 0.682. The Morgan fingerprint density at radius 1 is 1.43 bits per heavy atom. The van der Waals surface area contributed by atoms with E-state index in [1.807, 2.05) is 0 Å². The number of nitrogens with one attached hydrogen (secondary N) is 1. The molecule has 3 heterocycles. The third-order valence-electron chi connectivity index (χ3n) is 2.59. The number of aliphatic hydroxyl groups is 1. The summed E-state index contributed by atoms with van der Waals surface area (Å²) >= 11 is 1.23. The number of anilines is 1. The highest BCUT2D eigenvalue weighted by atomic mass is 32.1. The van der Waals surface area contributed by atoms with Crippen molar-refractivity contribution in [2.45, 2.75) is 0 Å². The summed E-state index contributed by atoms with van der Waals surface area (Å²) < 4.78 is 1.57. The van der Waals surface area contributed by atoms with Crippen molar-refractivity contribution >= 4 is 27.9 Å². The zero-order valence-corrected chi connectivity index (χ0v) is 11.5. The largest absolute Gasteiger partial charge is 0.384 e. The number of hydrogen-bond donors (Lipinski definition) is 2. The van der Waals surface area contributed by atoms with Crippen molar-refractivity contribution in [3.05, 3.63) is 41.4 Å². The van der Waals surface area contributed by atoms with Gasteiger partial charge in [0.05, 0.1) is 34.5 Å². The Balaban J connectivity index is 1.81. The fourth-order valence-corrected chi connectivity index (χ4v) is 2.38. The summed E-state index contributed by atoms with van der Waals surface area (Å²) in [6.45, 7) is -0.213. The van der Waals surface area contributed by atoms with E-state index in [0.29, 0.717) is 21.1 Å². The molecule has 3 aromatic heterocycles. The molecule has 104 valence electrons. The van der Waals surface area contributed by atoms with Crippen LogP contribution in [0.5, 0.6) is 0 Å². The Kier molecular flexibility index (Phi) is 3.59. The molecular formula is C13H9N5O2S. The Morgan fingerprint density at radius 3 is 3.19 bits per heavy atom. The molecule has 7 nitrogen and oxygen atoms in total. The van der Waals surface area contributed by atoms with Crippen LogP contribution in [-0.4, -0.2) is 37.2 Å². The standard InChI is InChI=1S/C13H9N5O2S/c19-5-1-2-9-6-15-13(21-9)17-12(20)10-7-16-18-4-3-14-8-11(10)18/h3-4,6-8,19H,5H2,(H,15,17,20). The van der Waals surface area contributed by atoms with Gasteiger partial charge in [0.25, 0.3) is 5.91 Å². The third kappa shape index (κ3) is 2.74. The number of amides is 1. The van der Waals surface area contributed by atoms with Gasteiger partial charge in [0, 0.05) is 12.4 Å². The summed E-state index contributed by atoms with van der Waals surface area (Å²) in [5.41, 5.74) is 1.04. The second kappa shape index (κ2) is 5.70. The van der Waals surface area contributed by atoms with Gasteiger partial charge in [-0.15, -0.1) is 0 Å². The van der Waals surface area contributed by atoms with Gasteiger partial charge in [0.2, 0.25) is 0 Å². The number of fused-ring (bicyclic) bond motifs is 1. The van der Waals surface area contributed by atoms with Crippen LogP contribution in [-0.2, 0) is 0 Å². The molecule has 0 radical (unpaired) electrons. The number of carbonyl (C=O) groups excluding carboxylic acids is 1. The number of aromatic nitrogens is 4. The van der Waals surface area contributed by atoms with Crippen molar-refractivity contribution in [1.82, 2.24) is 19.6 Å². The van der Waals surface area contributed by atoms with E-state index in [0.717, 1.165) is 0 Å². The molecule has 1 amide bonds. The van der Waals surface area contributed by atoms with Crippen molar-refractivity contribution in [3.63, 3.8) is 0 Å². The smallest absolute Gasteiger partial charge is 0.261 e. The first-order valence-electron chi connectivity index (χ1n) is 5.92. The lowest BCUT2D eigenvalue weighted by molar-refractivity contribution is 0.102. The van der Waals surface area contributed by atoms with E-state index in [1.165, 1.54) is 17.5 Å². The van der Waals surface area contributed by atoms with Gasteiger partial charge in [-0.2, -0.15) is 5.10 Å². The third-order valence-corrected chi connectivity index (χ3v) is 3.41. The molecule has 2 N–H and O–H groups in total. The zero-order valence-electron chi connectivity index (χ0n) is 10.6. The molecule has 8 heteroatoms. The minimum Gasteiger partial charge on any atom is -0.384 e. The average molecular weight is 299 g/mol. The number of rotatable bonds is 2.